The monoisotopic (exact) mass is 479 g/mol. The number of aliphatic hydroxyl groups excluding tert-OH is 1. The molecule has 0 spiro atoms. The van der Waals surface area contributed by atoms with Crippen molar-refractivity contribution in [2.24, 2.45) is 0 Å². The Balaban J connectivity index is 1.52. The van der Waals surface area contributed by atoms with Crippen LogP contribution in [-0.2, 0) is 14.3 Å². The molecule has 3 N–H and O–H groups in total. The Bertz CT molecular complexity index is 919. The van der Waals surface area contributed by atoms with Gasteiger partial charge in [-0.2, -0.15) is 4.90 Å². The molecule has 0 aliphatic carbocycles. The Kier molecular flexibility index (Phi) is 8.07. The molecule has 12 nitrogen and oxygen atoms in total. The van der Waals surface area contributed by atoms with Gasteiger partial charge < -0.3 is 29.7 Å². The molecular formula is C22H29N3O9. The molecule has 1 aromatic rings. The molecule has 5 amide bonds. The number of piperidine rings is 1. The first-order chi connectivity index (χ1) is 16.1. The normalized spacial score (nSPS) is 20.6. The van der Waals surface area contributed by atoms with Gasteiger partial charge in [-0.15, -0.1) is 0 Å². The van der Waals surface area contributed by atoms with Crippen molar-refractivity contribution in [1.82, 2.24) is 9.80 Å². The highest BCUT2D eigenvalue weighted by Crippen LogP contribution is 2.27. The molecule has 0 radical (unpaired) electrons. The molecule has 2 aliphatic heterocycles. The third-order valence-electron chi connectivity index (χ3n) is 5.70. The van der Waals surface area contributed by atoms with Gasteiger partial charge in [-0.05, 0) is 37.6 Å². The van der Waals surface area contributed by atoms with Gasteiger partial charge in [0.2, 0.25) is 5.91 Å². The van der Waals surface area contributed by atoms with E-state index in [-0.39, 0.29) is 57.1 Å². The second-order valence-electron chi connectivity index (χ2n) is 8.40. The van der Waals surface area contributed by atoms with Crippen LogP contribution in [0.2, 0.25) is 0 Å². The third kappa shape index (κ3) is 5.82. The lowest BCUT2D eigenvalue weighted by Gasteiger charge is -2.32. The van der Waals surface area contributed by atoms with Gasteiger partial charge in [-0.3, -0.25) is 14.5 Å². The molecule has 12 heteroatoms. The summed E-state index contributed by atoms with van der Waals surface area (Å²) in [6.07, 6.45) is -1.46. The summed E-state index contributed by atoms with van der Waals surface area (Å²) in [7, 11) is 0. The zero-order chi connectivity index (χ0) is 24.9. The minimum atomic E-state index is -1.64. The van der Waals surface area contributed by atoms with Gasteiger partial charge in [-0.1, -0.05) is 0 Å². The first-order valence-electron chi connectivity index (χ1n) is 11.0. The van der Waals surface area contributed by atoms with E-state index in [9.17, 15) is 24.3 Å². The number of anilines is 1. The summed E-state index contributed by atoms with van der Waals surface area (Å²) < 4.78 is 11.0. The fraction of sp³-hybridized carbons (Fsp3) is 0.545. The van der Waals surface area contributed by atoms with Gasteiger partial charge in [0.15, 0.2) is 0 Å². The molecule has 2 unspecified atom stereocenters. The van der Waals surface area contributed by atoms with Crippen molar-refractivity contribution in [1.29, 1.82) is 0 Å². The van der Waals surface area contributed by atoms with Crippen LogP contribution in [0.3, 0.4) is 0 Å². The van der Waals surface area contributed by atoms with Crippen molar-refractivity contribution in [3.8, 4) is 5.75 Å². The number of amides is 5. The smallest absolute Gasteiger partial charge is 0.421 e. The summed E-state index contributed by atoms with van der Waals surface area (Å²) in [6.45, 7) is 2.55. The highest BCUT2D eigenvalue weighted by Gasteiger charge is 2.45. The fourth-order valence-electron chi connectivity index (χ4n) is 3.89. The molecular weight excluding hydrogens is 450 g/mol. The van der Waals surface area contributed by atoms with Crippen LogP contribution in [0.4, 0.5) is 15.3 Å². The van der Waals surface area contributed by atoms with Crippen molar-refractivity contribution in [2.75, 3.05) is 44.4 Å². The van der Waals surface area contributed by atoms with Crippen LogP contribution >= 0.6 is 0 Å². The first kappa shape index (κ1) is 25.4. The molecule has 34 heavy (non-hydrogen) atoms. The summed E-state index contributed by atoms with van der Waals surface area (Å²) >= 11 is 0. The number of aliphatic hydroxyl groups is 2. The maximum Gasteiger partial charge on any atom is 0.421 e. The van der Waals surface area contributed by atoms with Crippen molar-refractivity contribution < 1.29 is 44.0 Å². The van der Waals surface area contributed by atoms with Crippen LogP contribution in [0.15, 0.2) is 24.3 Å². The molecule has 186 valence electrons. The molecule has 3 rings (SSSR count). The Hall–Kier alpha value is -3.22. The van der Waals surface area contributed by atoms with Crippen molar-refractivity contribution in [3.05, 3.63) is 24.3 Å². The lowest BCUT2D eigenvalue weighted by molar-refractivity contribution is -0.148. The fourth-order valence-corrected chi connectivity index (χ4v) is 3.89. The maximum atomic E-state index is 12.9. The predicted molar refractivity (Wildman–Crippen MR) is 117 cm³/mol. The number of carbonyl (C=O) groups excluding carboxylic acids is 3. The molecule has 0 aromatic heterocycles. The average Bonchev–Trinajstić information content (AvgIpc) is 3.15. The van der Waals surface area contributed by atoms with E-state index in [0.29, 0.717) is 18.0 Å². The van der Waals surface area contributed by atoms with Crippen LogP contribution in [0.25, 0.3) is 0 Å². The van der Waals surface area contributed by atoms with E-state index < -0.39 is 35.6 Å². The summed E-state index contributed by atoms with van der Waals surface area (Å²) in [4.78, 5) is 51.4. The zero-order valence-electron chi connectivity index (χ0n) is 18.9. The number of benzene rings is 1. The SMILES string of the molecule is CC(O)(CCO)COCCOc1ccc(N2CCN(C3CCC(=O)N(C(=O)O)C3=O)C2=O)cc1. The van der Waals surface area contributed by atoms with Crippen LogP contribution in [0.1, 0.15) is 26.2 Å². The highest BCUT2D eigenvalue weighted by atomic mass is 16.5. The van der Waals surface area contributed by atoms with Gasteiger partial charge in [0.1, 0.15) is 18.4 Å². The lowest BCUT2D eigenvalue weighted by Crippen LogP contribution is -2.56. The predicted octanol–water partition coefficient (Wildman–Crippen LogP) is 0.653. The lowest BCUT2D eigenvalue weighted by atomic mass is 10.0. The number of hydrogen-bond donors (Lipinski definition) is 3. The second-order valence-corrected chi connectivity index (χ2v) is 8.40. The standard InChI is InChI=1S/C22H29N3O9/c1-22(32,8-11-26)14-33-12-13-34-16-4-2-15(3-5-16)23-9-10-24(20(23)29)17-6-7-18(27)25(19(17)28)21(30)31/h2-5,17,26,32H,6-14H2,1H3,(H,30,31). The number of hydrogen-bond acceptors (Lipinski definition) is 8. The van der Waals surface area contributed by atoms with Crippen LogP contribution in [0, 0.1) is 0 Å². The number of urea groups is 1. The molecule has 2 aliphatic rings. The summed E-state index contributed by atoms with van der Waals surface area (Å²) in [5.74, 6) is -1.13. The Morgan fingerprint density at radius 2 is 1.85 bits per heavy atom. The largest absolute Gasteiger partial charge is 0.491 e. The quantitative estimate of drug-likeness (QED) is 0.324. The maximum absolute atomic E-state index is 12.9. The average molecular weight is 479 g/mol. The molecule has 2 heterocycles. The van der Waals surface area contributed by atoms with Gasteiger partial charge in [0, 0.05) is 38.2 Å². The number of likely N-dealkylation sites (tertiary alicyclic amines) is 1. The van der Waals surface area contributed by atoms with E-state index in [1.54, 1.807) is 31.2 Å². The van der Waals surface area contributed by atoms with E-state index in [1.807, 2.05) is 0 Å². The van der Waals surface area contributed by atoms with Crippen molar-refractivity contribution >= 4 is 29.6 Å². The summed E-state index contributed by atoms with van der Waals surface area (Å²) in [6, 6.07) is 5.33. The second kappa shape index (κ2) is 10.8. The minimum absolute atomic E-state index is 0.0747. The number of ether oxygens (including phenoxy) is 2. The van der Waals surface area contributed by atoms with Gasteiger partial charge in [0.05, 0.1) is 18.8 Å². The van der Waals surface area contributed by atoms with E-state index in [1.165, 1.54) is 9.80 Å². The summed E-state index contributed by atoms with van der Waals surface area (Å²) in [5, 5.41) is 28.0. The van der Waals surface area contributed by atoms with Gasteiger partial charge >= 0.3 is 12.1 Å². The topological polar surface area (TPSA) is 157 Å². The third-order valence-corrected chi connectivity index (χ3v) is 5.70. The van der Waals surface area contributed by atoms with Crippen LogP contribution < -0.4 is 9.64 Å². The number of nitrogens with zero attached hydrogens (tertiary/aromatic N) is 3. The zero-order valence-corrected chi connectivity index (χ0v) is 18.9. The van der Waals surface area contributed by atoms with E-state index in [2.05, 4.69) is 0 Å². The van der Waals surface area contributed by atoms with Crippen LogP contribution in [0.5, 0.6) is 5.75 Å². The highest BCUT2D eigenvalue weighted by molar-refractivity contribution is 6.12. The molecule has 2 saturated heterocycles. The number of imide groups is 3. The van der Waals surface area contributed by atoms with Crippen molar-refractivity contribution in [2.45, 2.75) is 37.8 Å². The minimum Gasteiger partial charge on any atom is -0.491 e. The van der Waals surface area contributed by atoms with E-state index >= 15 is 0 Å². The molecule has 0 bridgehead atoms. The first-order valence-corrected chi connectivity index (χ1v) is 11.0. The Labute approximate surface area is 196 Å². The Morgan fingerprint density at radius 3 is 2.50 bits per heavy atom. The van der Waals surface area contributed by atoms with Gasteiger partial charge in [0.25, 0.3) is 5.91 Å². The van der Waals surface area contributed by atoms with Crippen LogP contribution in [-0.4, -0.2) is 100 Å². The molecule has 0 saturated carbocycles. The van der Waals surface area contributed by atoms with E-state index in [0.717, 1.165) is 0 Å². The van der Waals surface area contributed by atoms with Crippen molar-refractivity contribution in [3.63, 3.8) is 0 Å². The van der Waals surface area contributed by atoms with E-state index in [4.69, 9.17) is 19.7 Å². The number of carboxylic acid groups (broad SMARTS) is 1. The Morgan fingerprint density at radius 1 is 1.15 bits per heavy atom. The number of rotatable bonds is 10. The van der Waals surface area contributed by atoms with Gasteiger partial charge in [-0.25, -0.2) is 9.59 Å². The molecule has 2 atom stereocenters. The number of carbonyl (C=O) groups is 4. The summed E-state index contributed by atoms with van der Waals surface area (Å²) in [5.41, 5.74) is -0.512. The molecule has 1 aromatic carbocycles. The molecule has 2 fully saturated rings.